The summed E-state index contributed by atoms with van der Waals surface area (Å²) in [6.45, 7) is 5.35. The molecule has 0 aliphatic heterocycles. The van der Waals surface area contributed by atoms with Crippen LogP contribution in [0, 0.1) is 0 Å². The Morgan fingerprint density at radius 3 is 2.61 bits per heavy atom. The van der Waals surface area contributed by atoms with E-state index in [9.17, 15) is 0 Å². The Hall–Kier alpha value is -1.26. The van der Waals surface area contributed by atoms with Gasteiger partial charge >= 0.3 is 0 Å². The zero-order valence-corrected chi connectivity index (χ0v) is 11.6. The molecule has 96 valence electrons. The maximum absolute atomic E-state index is 4.21. The Kier molecular flexibility index (Phi) is 4.84. The molecule has 0 radical (unpaired) electrons. The number of aromatic nitrogens is 2. The van der Waals surface area contributed by atoms with Gasteiger partial charge in [0.05, 0.1) is 0 Å². The highest BCUT2D eigenvalue weighted by molar-refractivity contribution is 7.99. The second-order valence-corrected chi connectivity index (χ2v) is 5.15. The molecule has 0 saturated heterocycles. The summed E-state index contributed by atoms with van der Waals surface area (Å²) in [7, 11) is 0. The summed E-state index contributed by atoms with van der Waals surface area (Å²) in [5.74, 6) is 0. The zero-order valence-electron chi connectivity index (χ0n) is 10.8. The Balaban J connectivity index is 2.04. The molecular weight excluding hydrogens is 242 g/mol. The third-order valence-corrected chi connectivity index (χ3v) is 3.75. The average Bonchev–Trinajstić information content (AvgIpc) is 2.90. The molecule has 1 unspecified atom stereocenters. The van der Waals surface area contributed by atoms with E-state index in [1.54, 1.807) is 18.0 Å². The lowest BCUT2D eigenvalue weighted by molar-refractivity contribution is 0.537. The first kappa shape index (κ1) is 13.2. The number of nitrogens with zero attached hydrogens (tertiary/aromatic N) is 1. The second kappa shape index (κ2) is 6.61. The Morgan fingerprint density at radius 2 is 2.06 bits per heavy atom. The van der Waals surface area contributed by atoms with Crippen molar-refractivity contribution in [2.45, 2.75) is 36.4 Å². The van der Waals surface area contributed by atoms with Crippen LogP contribution in [-0.4, -0.2) is 16.5 Å². The van der Waals surface area contributed by atoms with Crippen LogP contribution in [0.3, 0.4) is 0 Å². The highest BCUT2D eigenvalue weighted by Crippen LogP contribution is 2.26. The first-order valence-electron chi connectivity index (χ1n) is 6.34. The summed E-state index contributed by atoms with van der Waals surface area (Å²) in [4.78, 5) is 8.51. The van der Waals surface area contributed by atoms with Crippen molar-refractivity contribution in [3.63, 3.8) is 0 Å². The fourth-order valence-electron chi connectivity index (χ4n) is 1.93. The molecule has 1 aromatic heterocycles. The lowest BCUT2D eigenvalue weighted by atomic mass is 10.1. The third kappa shape index (κ3) is 3.37. The highest BCUT2D eigenvalue weighted by atomic mass is 32.2. The summed E-state index contributed by atoms with van der Waals surface area (Å²) >= 11 is 1.65. The monoisotopic (exact) mass is 261 g/mol. The van der Waals surface area contributed by atoms with E-state index in [1.165, 1.54) is 10.5 Å². The zero-order chi connectivity index (χ0) is 12.8. The molecular formula is C14H19N3S. The number of hydrogen-bond acceptors (Lipinski definition) is 3. The number of imidazole rings is 1. The van der Waals surface area contributed by atoms with E-state index in [1.807, 2.05) is 6.20 Å². The minimum atomic E-state index is 0.456. The van der Waals surface area contributed by atoms with Gasteiger partial charge in [-0.2, -0.15) is 0 Å². The molecule has 2 aromatic rings. The van der Waals surface area contributed by atoms with Crippen LogP contribution in [0.15, 0.2) is 46.7 Å². The van der Waals surface area contributed by atoms with Gasteiger partial charge in [-0.15, -0.1) is 0 Å². The van der Waals surface area contributed by atoms with E-state index in [-0.39, 0.29) is 0 Å². The molecule has 0 aliphatic carbocycles. The number of H-pyrrole nitrogens is 1. The van der Waals surface area contributed by atoms with E-state index >= 15 is 0 Å². The average molecular weight is 261 g/mol. The van der Waals surface area contributed by atoms with Gasteiger partial charge in [0.25, 0.3) is 0 Å². The van der Waals surface area contributed by atoms with E-state index in [0.29, 0.717) is 6.04 Å². The third-order valence-electron chi connectivity index (χ3n) is 2.83. The molecule has 0 saturated carbocycles. The van der Waals surface area contributed by atoms with Gasteiger partial charge in [-0.1, -0.05) is 37.7 Å². The van der Waals surface area contributed by atoms with Gasteiger partial charge in [-0.05, 0) is 30.7 Å². The maximum Gasteiger partial charge on any atom is 0.170 e. The van der Waals surface area contributed by atoms with Gasteiger partial charge in [0.15, 0.2) is 5.16 Å². The van der Waals surface area contributed by atoms with Crippen molar-refractivity contribution in [3.8, 4) is 0 Å². The molecule has 0 aliphatic rings. The van der Waals surface area contributed by atoms with Gasteiger partial charge < -0.3 is 10.3 Å². The molecule has 0 amide bonds. The Bertz CT molecular complexity index is 450. The van der Waals surface area contributed by atoms with Gasteiger partial charge in [-0.25, -0.2) is 4.98 Å². The largest absolute Gasteiger partial charge is 0.339 e. The topological polar surface area (TPSA) is 40.7 Å². The van der Waals surface area contributed by atoms with Gasteiger partial charge in [0.2, 0.25) is 0 Å². The number of benzene rings is 1. The van der Waals surface area contributed by atoms with Crippen molar-refractivity contribution in [1.82, 2.24) is 15.3 Å². The van der Waals surface area contributed by atoms with Gasteiger partial charge in [-0.3, -0.25) is 0 Å². The van der Waals surface area contributed by atoms with E-state index in [4.69, 9.17) is 0 Å². The van der Waals surface area contributed by atoms with E-state index < -0.39 is 0 Å². The first-order chi connectivity index (χ1) is 8.83. The van der Waals surface area contributed by atoms with Crippen molar-refractivity contribution in [3.05, 3.63) is 42.2 Å². The quantitative estimate of drug-likeness (QED) is 0.834. The van der Waals surface area contributed by atoms with E-state index in [0.717, 1.165) is 18.1 Å². The minimum Gasteiger partial charge on any atom is -0.339 e. The predicted molar refractivity (Wildman–Crippen MR) is 75.9 cm³/mol. The molecule has 18 heavy (non-hydrogen) atoms. The fraction of sp³-hybridized carbons (Fsp3) is 0.357. The molecule has 3 nitrogen and oxygen atoms in total. The number of nitrogens with one attached hydrogen (secondary N) is 2. The van der Waals surface area contributed by atoms with Gasteiger partial charge in [0.1, 0.15) is 0 Å². The van der Waals surface area contributed by atoms with Crippen molar-refractivity contribution in [2.75, 3.05) is 6.54 Å². The normalized spacial score (nSPS) is 12.6. The van der Waals surface area contributed by atoms with Crippen molar-refractivity contribution >= 4 is 11.8 Å². The summed E-state index contributed by atoms with van der Waals surface area (Å²) in [5, 5.41) is 4.42. The molecule has 0 spiro atoms. The van der Waals surface area contributed by atoms with Crippen molar-refractivity contribution in [1.29, 1.82) is 0 Å². The smallest absolute Gasteiger partial charge is 0.170 e. The number of aromatic amines is 1. The predicted octanol–water partition coefficient (Wildman–Crippen LogP) is 3.62. The summed E-state index contributed by atoms with van der Waals surface area (Å²) in [5.41, 5.74) is 1.35. The van der Waals surface area contributed by atoms with Crippen LogP contribution in [0.25, 0.3) is 0 Å². The molecule has 0 bridgehead atoms. The molecule has 1 aromatic carbocycles. The van der Waals surface area contributed by atoms with Crippen molar-refractivity contribution < 1.29 is 0 Å². The standard InChI is InChI=1S/C14H19N3S/c1-3-13(15-4-2)11-5-7-12(8-6-11)18-14-16-9-10-17-14/h5-10,13,15H,3-4H2,1-2H3,(H,16,17). The highest BCUT2D eigenvalue weighted by Gasteiger charge is 2.07. The van der Waals surface area contributed by atoms with Crippen LogP contribution in [0.1, 0.15) is 31.9 Å². The van der Waals surface area contributed by atoms with Crippen LogP contribution < -0.4 is 5.32 Å². The number of hydrogen-bond donors (Lipinski definition) is 2. The number of rotatable bonds is 6. The lowest BCUT2D eigenvalue weighted by Crippen LogP contribution is -2.19. The van der Waals surface area contributed by atoms with Crippen molar-refractivity contribution in [2.24, 2.45) is 0 Å². The lowest BCUT2D eigenvalue weighted by Gasteiger charge is -2.16. The Morgan fingerprint density at radius 1 is 1.28 bits per heavy atom. The molecule has 2 rings (SSSR count). The minimum absolute atomic E-state index is 0.456. The molecule has 0 fully saturated rings. The van der Waals surface area contributed by atoms with Crippen LogP contribution in [0.2, 0.25) is 0 Å². The fourth-order valence-corrected chi connectivity index (χ4v) is 2.67. The molecule has 4 heteroatoms. The molecule has 1 heterocycles. The van der Waals surface area contributed by atoms with Gasteiger partial charge in [0, 0.05) is 23.3 Å². The first-order valence-corrected chi connectivity index (χ1v) is 7.15. The van der Waals surface area contributed by atoms with E-state index in [2.05, 4.69) is 53.4 Å². The van der Waals surface area contributed by atoms with Crippen LogP contribution in [0.5, 0.6) is 0 Å². The summed E-state index contributed by atoms with van der Waals surface area (Å²) in [6.07, 6.45) is 4.72. The summed E-state index contributed by atoms with van der Waals surface area (Å²) in [6, 6.07) is 9.16. The summed E-state index contributed by atoms with van der Waals surface area (Å²) < 4.78 is 0. The maximum atomic E-state index is 4.21. The van der Waals surface area contributed by atoms with Crippen LogP contribution in [-0.2, 0) is 0 Å². The molecule has 2 N–H and O–H groups in total. The SMILES string of the molecule is CCNC(CC)c1ccc(Sc2ncc[nH]2)cc1. The second-order valence-electron chi connectivity index (χ2n) is 4.08. The van der Waals surface area contributed by atoms with Crippen LogP contribution in [0.4, 0.5) is 0 Å². The van der Waals surface area contributed by atoms with Crippen LogP contribution >= 0.6 is 11.8 Å². The Labute approximate surface area is 112 Å². The molecule has 1 atom stereocenters.